The first-order chi connectivity index (χ1) is 9.46. The topological polar surface area (TPSA) is 83.4 Å². The van der Waals surface area contributed by atoms with Gasteiger partial charge in [0.2, 0.25) is 0 Å². The Kier molecular flexibility index (Phi) is 6.94. The number of hydrogen-bond donors (Lipinski definition) is 2. The number of rotatable bonds is 7. The highest BCUT2D eigenvalue weighted by Gasteiger charge is 2.07. The number of sulfone groups is 1. The Hall–Kier alpha value is -1.15. The number of aryl methyl sites for hydroxylation is 1. The Bertz CT molecular complexity index is 537. The minimum atomic E-state index is -2.95. The van der Waals surface area contributed by atoms with Crippen LogP contribution in [-0.4, -0.2) is 44.0 Å². The summed E-state index contributed by atoms with van der Waals surface area (Å²) in [5, 5.41) is 7.05. The summed E-state index contributed by atoms with van der Waals surface area (Å²) in [6.07, 6.45) is 1.82. The van der Waals surface area contributed by atoms with Crippen molar-refractivity contribution in [3.05, 3.63) is 16.1 Å². The fourth-order valence-electron chi connectivity index (χ4n) is 1.43. The summed E-state index contributed by atoms with van der Waals surface area (Å²) in [5.41, 5.74) is 0. The van der Waals surface area contributed by atoms with E-state index in [1.807, 2.05) is 20.0 Å². The third kappa shape index (κ3) is 6.33. The van der Waals surface area contributed by atoms with Crippen LogP contribution in [0.2, 0.25) is 0 Å². The van der Waals surface area contributed by atoms with Gasteiger partial charge in [0, 0.05) is 29.9 Å². The predicted octanol–water partition coefficient (Wildman–Crippen LogP) is 0.941. The average Bonchev–Trinajstić information content (AvgIpc) is 2.81. The quantitative estimate of drug-likeness (QED) is 0.577. The molecule has 0 aliphatic carbocycles. The number of aliphatic imine (C=N–C) groups is 1. The van der Waals surface area contributed by atoms with Gasteiger partial charge in [0.05, 0.1) is 12.3 Å². The summed E-state index contributed by atoms with van der Waals surface area (Å²) in [7, 11) is -2.95. The van der Waals surface area contributed by atoms with E-state index in [9.17, 15) is 8.42 Å². The van der Waals surface area contributed by atoms with Crippen LogP contribution in [0.4, 0.5) is 0 Å². The molecule has 0 aromatic carbocycles. The van der Waals surface area contributed by atoms with Crippen molar-refractivity contribution < 1.29 is 8.42 Å². The van der Waals surface area contributed by atoms with Crippen LogP contribution in [-0.2, 0) is 16.4 Å². The predicted molar refractivity (Wildman–Crippen MR) is 84.0 cm³/mol. The fraction of sp³-hybridized carbons (Fsp3) is 0.667. The van der Waals surface area contributed by atoms with E-state index in [1.165, 1.54) is 0 Å². The van der Waals surface area contributed by atoms with Gasteiger partial charge >= 0.3 is 0 Å². The highest BCUT2D eigenvalue weighted by Crippen LogP contribution is 2.11. The molecule has 1 aromatic rings. The van der Waals surface area contributed by atoms with Gasteiger partial charge in [0.25, 0.3) is 0 Å². The van der Waals surface area contributed by atoms with Crippen molar-refractivity contribution in [1.82, 2.24) is 15.6 Å². The van der Waals surface area contributed by atoms with Gasteiger partial charge in [-0.05, 0) is 13.8 Å². The van der Waals surface area contributed by atoms with Crippen LogP contribution in [0.15, 0.2) is 11.2 Å². The van der Waals surface area contributed by atoms with Crippen LogP contribution in [0.3, 0.4) is 0 Å². The highest BCUT2D eigenvalue weighted by atomic mass is 32.2. The zero-order chi connectivity index (χ0) is 15.0. The fourth-order valence-corrected chi connectivity index (χ4v) is 2.85. The molecule has 6 nitrogen and oxygen atoms in total. The SMILES string of the molecule is CCNC(=NCc1ncc(C)s1)NCCS(=O)(=O)CC. The van der Waals surface area contributed by atoms with Gasteiger partial charge in [-0.25, -0.2) is 18.4 Å². The Morgan fingerprint density at radius 3 is 2.70 bits per heavy atom. The van der Waals surface area contributed by atoms with Crippen LogP contribution in [0.1, 0.15) is 23.7 Å². The van der Waals surface area contributed by atoms with Gasteiger partial charge in [-0.1, -0.05) is 6.92 Å². The second-order valence-electron chi connectivity index (χ2n) is 4.22. The lowest BCUT2D eigenvalue weighted by atomic mass is 10.6. The molecule has 0 atom stereocenters. The molecule has 0 aliphatic rings. The first kappa shape index (κ1) is 16.9. The van der Waals surface area contributed by atoms with Crippen LogP contribution in [0, 0.1) is 6.92 Å². The molecule has 0 unspecified atom stereocenters. The number of hydrogen-bond acceptors (Lipinski definition) is 5. The second kappa shape index (κ2) is 8.21. The smallest absolute Gasteiger partial charge is 0.191 e. The third-order valence-electron chi connectivity index (χ3n) is 2.53. The van der Waals surface area contributed by atoms with E-state index in [1.54, 1.807) is 18.3 Å². The zero-order valence-electron chi connectivity index (χ0n) is 12.1. The summed E-state index contributed by atoms with van der Waals surface area (Å²) < 4.78 is 22.8. The molecule has 0 radical (unpaired) electrons. The maximum absolute atomic E-state index is 11.4. The molecule has 20 heavy (non-hydrogen) atoms. The van der Waals surface area contributed by atoms with Crippen LogP contribution in [0.25, 0.3) is 0 Å². The number of nitrogens with zero attached hydrogens (tertiary/aromatic N) is 2. The molecule has 0 amide bonds. The molecule has 0 fully saturated rings. The van der Waals surface area contributed by atoms with Crippen molar-refractivity contribution in [2.75, 3.05) is 24.6 Å². The Balaban J connectivity index is 2.51. The molecule has 2 N–H and O–H groups in total. The normalized spacial score (nSPS) is 12.4. The highest BCUT2D eigenvalue weighted by molar-refractivity contribution is 7.91. The molecule has 0 aliphatic heterocycles. The molecule has 0 saturated heterocycles. The van der Waals surface area contributed by atoms with Gasteiger partial charge in [-0.3, -0.25) is 0 Å². The molecule has 114 valence electrons. The number of aromatic nitrogens is 1. The lowest BCUT2D eigenvalue weighted by molar-refractivity contribution is 0.595. The van der Waals surface area contributed by atoms with E-state index in [0.29, 0.717) is 19.0 Å². The molecule has 8 heteroatoms. The summed E-state index contributed by atoms with van der Waals surface area (Å²) in [5.74, 6) is 0.900. The lowest BCUT2D eigenvalue weighted by Crippen LogP contribution is -2.39. The molecular weight excluding hydrogens is 296 g/mol. The molecule has 1 aromatic heterocycles. The maximum Gasteiger partial charge on any atom is 0.191 e. The zero-order valence-corrected chi connectivity index (χ0v) is 13.8. The van der Waals surface area contributed by atoms with E-state index < -0.39 is 9.84 Å². The van der Waals surface area contributed by atoms with Crippen LogP contribution >= 0.6 is 11.3 Å². The van der Waals surface area contributed by atoms with Gasteiger partial charge < -0.3 is 10.6 Å². The Labute approximate surface area is 124 Å². The summed E-state index contributed by atoms with van der Waals surface area (Å²) in [6.45, 7) is 7.20. The molecule has 1 heterocycles. The lowest BCUT2D eigenvalue weighted by Gasteiger charge is -2.10. The van der Waals surface area contributed by atoms with Gasteiger partial charge in [-0.15, -0.1) is 11.3 Å². The van der Waals surface area contributed by atoms with Gasteiger partial charge in [0.1, 0.15) is 5.01 Å². The van der Waals surface area contributed by atoms with E-state index in [4.69, 9.17) is 0 Å². The number of guanidine groups is 1. The van der Waals surface area contributed by atoms with E-state index in [0.717, 1.165) is 16.4 Å². The van der Waals surface area contributed by atoms with Gasteiger partial charge in [-0.2, -0.15) is 0 Å². The first-order valence-electron chi connectivity index (χ1n) is 6.60. The Morgan fingerprint density at radius 1 is 1.40 bits per heavy atom. The van der Waals surface area contributed by atoms with Crippen molar-refractivity contribution in [1.29, 1.82) is 0 Å². The monoisotopic (exact) mass is 318 g/mol. The average molecular weight is 318 g/mol. The van der Waals surface area contributed by atoms with Crippen molar-refractivity contribution in [3.63, 3.8) is 0 Å². The van der Waals surface area contributed by atoms with E-state index in [2.05, 4.69) is 20.6 Å². The molecule has 0 spiro atoms. The van der Waals surface area contributed by atoms with E-state index in [-0.39, 0.29) is 11.5 Å². The van der Waals surface area contributed by atoms with Crippen molar-refractivity contribution >= 4 is 27.1 Å². The van der Waals surface area contributed by atoms with Crippen molar-refractivity contribution in [3.8, 4) is 0 Å². The molecule has 0 bridgehead atoms. The number of nitrogens with one attached hydrogen (secondary N) is 2. The van der Waals surface area contributed by atoms with Crippen molar-refractivity contribution in [2.24, 2.45) is 4.99 Å². The molecular formula is C12H22N4O2S2. The summed E-state index contributed by atoms with van der Waals surface area (Å²) in [4.78, 5) is 9.79. The molecule has 0 saturated carbocycles. The number of thiazole rings is 1. The largest absolute Gasteiger partial charge is 0.357 e. The maximum atomic E-state index is 11.4. The van der Waals surface area contributed by atoms with E-state index >= 15 is 0 Å². The van der Waals surface area contributed by atoms with Gasteiger partial charge in [0.15, 0.2) is 15.8 Å². The van der Waals surface area contributed by atoms with Crippen molar-refractivity contribution in [2.45, 2.75) is 27.3 Å². The first-order valence-corrected chi connectivity index (χ1v) is 9.24. The standard InChI is InChI=1S/C12H22N4O2S2/c1-4-13-12(14-6-7-20(17,18)5-2)16-9-11-15-8-10(3)19-11/h8H,4-7,9H2,1-3H3,(H2,13,14,16). The minimum Gasteiger partial charge on any atom is -0.357 e. The summed E-state index contributed by atoms with van der Waals surface area (Å²) in [6, 6.07) is 0. The minimum absolute atomic E-state index is 0.115. The van der Waals surface area contributed by atoms with Crippen LogP contribution < -0.4 is 10.6 Å². The third-order valence-corrected chi connectivity index (χ3v) is 5.13. The Morgan fingerprint density at radius 2 is 2.15 bits per heavy atom. The molecule has 1 rings (SSSR count). The second-order valence-corrected chi connectivity index (χ2v) is 8.02. The van der Waals surface area contributed by atoms with Crippen LogP contribution in [0.5, 0.6) is 0 Å². The summed E-state index contributed by atoms with van der Waals surface area (Å²) >= 11 is 1.61.